The highest BCUT2D eigenvalue weighted by Gasteiger charge is 2.32. The fraction of sp³-hybridized carbons (Fsp3) is 0.500. The van der Waals surface area contributed by atoms with E-state index in [9.17, 15) is 18.3 Å². The number of aliphatic hydroxyl groups excluding tert-OH is 1. The molecular weight excluding hydrogens is 269 g/mol. The quantitative estimate of drug-likeness (QED) is 0.868. The van der Waals surface area contributed by atoms with E-state index in [4.69, 9.17) is 0 Å². The molecule has 0 fully saturated rings. The molecule has 0 amide bonds. The Kier molecular flexibility index (Phi) is 3.32. The van der Waals surface area contributed by atoms with E-state index >= 15 is 0 Å². The van der Waals surface area contributed by atoms with Gasteiger partial charge in [0.25, 0.3) is 0 Å². The first-order valence-corrected chi connectivity index (χ1v) is 6.29. The summed E-state index contributed by atoms with van der Waals surface area (Å²) in [5, 5.41) is 9.90. The van der Waals surface area contributed by atoms with Gasteiger partial charge in [-0.15, -0.1) is 0 Å². The first-order valence-electron chi connectivity index (χ1n) is 6.29. The summed E-state index contributed by atoms with van der Waals surface area (Å²) in [6.45, 7) is 7.30. The number of fused-ring (bicyclic) bond motifs is 1. The van der Waals surface area contributed by atoms with Crippen LogP contribution in [0.3, 0.4) is 0 Å². The SMILES string of the molecule is CC(O)c1c(C(C)(C)C)nc2cc(C(F)(F)F)ccn12. The van der Waals surface area contributed by atoms with Crippen molar-refractivity contribution in [2.75, 3.05) is 0 Å². The van der Waals surface area contributed by atoms with Crippen LogP contribution >= 0.6 is 0 Å². The number of nitrogens with zero attached hydrogens (tertiary/aromatic N) is 2. The van der Waals surface area contributed by atoms with Crippen LogP contribution in [0.25, 0.3) is 5.65 Å². The van der Waals surface area contributed by atoms with Gasteiger partial charge in [0.1, 0.15) is 5.65 Å². The lowest BCUT2D eigenvalue weighted by Gasteiger charge is -2.19. The normalized spacial score (nSPS) is 14.8. The maximum Gasteiger partial charge on any atom is 0.416 e. The molecule has 110 valence electrons. The van der Waals surface area contributed by atoms with Gasteiger partial charge in [-0.1, -0.05) is 20.8 Å². The molecule has 1 atom stereocenters. The minimum Gasteiger partial charge on any atom is -0.387 e. The second-order valence-electron chi connectivity index (χ2n) is 5.91. The number of aromatic nitrogens is 2. The van der Waals surface area contributed by atoms with Gasteiger partial charge in [-0.05, 0) is 19.1 Å². The zero-order chi connectivity index (χ0) is 15.3. The molecule has 0 aromatic carbocycles. The maximum atomic E-state index is 12.7. The molecule has 0 radical (unpaired) electrons. The third-order valence-corrected chi connectivity index (χ3v) is 3.10. The molecule has 0 bridgehead atoms. The van der Waals surface area contributed by atoms with Crippen LogP contribution in [0.5, 0.6) is 0 Å². The van der Waals surface area contributed by atoms with Crippen LogP contribution in [-0.4, -0.2) is 14.5 Å². The molecule has 0 spiro atoms. The van der Waals surface area contributed by atoms with E-state index in [0.29, 0.717) is 11.4 Å². The highest BCUT2D eigenvalue weighted by atomic mass is 19.4. The highest BCUT2D eigenvalue weighted by Crippen LogP contribution is 2.33. The molecule has 2 heterocycles. The summed E-state index contributed by atoms with van der Waals surface area (Å²) in [4.78, 5) is 4.28. The van der Waals surface area contributed by atoms with Crippen LogP contribution in [0, 0.1) is 0 Å². The number of hydrogen-bond donors (Lipinski definition) is 1. The lowest BCUT2D eigenvalue weighted by atomic mass is 9.89. The topological polar surface area (TPSA) is 37.5 Å². The molecule has 6 heteroatoms. The zero-order valence-electron chi connectivity index (χ0n) is 11.8. The van der Waals surface area contributed by atoms with E-state index in [2.05, 4.69) is 4.98 Å². The lowest BCUT2D eigenvalue weighted by molar-refractivity contribution is -0.137. The van der Waals surface area contributed by atoms with Crippen molar-refractivity contribution < 1.29 is 18.3 Å². The Labute approximate surface area is 115 Å². The Morgan fingerprint density at radius 1 is 1.25 bits per heavy atom. The van der Waals surface area contributed by atoms with E-state index in [1.54, 1.807) is 6.92 Å². The fourth-order valence-corrected chi connectivity index (χ4v) is 2.19. The summed E-state index contributed by atoms with van der Waals surface area (Å²) in [6.07, 6.45) is -3.90. The second kappa shape index (κ2) is 4.48. The standard InChI is InChI=1S/C14H17F3N2O/c1-8(20)11-12(13(2,3)4)18-10-7-9(14(15,16)17)5-6-19(10)11/h5-8,20H,1-4H3. The average molecular weight is 286 g/mol. The van der Waals surface area contributed by atoms with E-state index in [1.807, 2.05) is 20.8 Å². The van der Waals surface area contributed by atoms with E-state index in [1.165, 1.54) is 10.6 Å². The number of alkyl halides is 3. The van der Waals surface area contributed by atoms with E-state index in [-0.39, 0.29) is 11.1 Å². The lowest BCUT2D eigenvalue weighted by Crippen LogP contribution is -2.16. The van der Waals surface area contributed by atoms with Gasteiger partial charge in [-0.2, -0.15) is 13.2 Å². The molecule has 0 aliphatic rings. The molecular formula is C14H17F3N2O. The Hall–Kier alpha value is -1.56. The van der Waals surface area contributed by atoms with Crippen LogP contribution in [0.4, 0.5) is 13.2 Å². The average Bonchev–Trinajstić information content (AvgIpc) is 2.65. The van der Waals surface area contributed by atoms with Crippen molar-refractivity contribution in [1.29, 1.82) is 0 Å². The minimum atomic E-state index is -4.40. The Balaban J connectivity index is 2.74. The predicted molar refractivity (Wildman–Crippen MR) is 69.5 cm³/mol. The monoisotopic (exact) mass is 286 g/mol. The third-order valence-electron chi connectivity index (χ3n) is 3.10. The molecule has 0 aliphatic carbocycles. The highest BCUT2D eigenvalue weighted by molar-refractivity contribution is 5.48. The van der Waals surface area contributed by atoms with Gasteiger partial charge in [0.05, 0.1) is 23.1 Å². The maximum absolute atomic E-state index is 12.7. The summed E-state index contributed by atoms with van der Waals surface area (Å²) in [7, 11) is 0. The Morgan fingerprint density at radius 2 is 1.85 bits per heavy atom. The van der Waals surface area contributed by atoms with E-state index in [0.717, 1.165) is 12.1 Å². The molecule has 3 nitrogen and oxygen atoms in total. The van der Waals surface area contributed by atoms with Crippen molar-refractivity contribution >= 4 is 5.65 Å². The summed E-state index contributed by atoms with van der Waals surface area (Å²) < 4.78 is 39.7. The largest absolute Gasteiger partial charge is 0.416 e. The first kappa shape index (κ1) is 14.8. The summed E-state index contributed by atoms with van der Waals surface area (Å²) in [6, 6.07) is 1.99. The van der Waals surface area contributed by atoms with Crippen molar-refractivity contribution in [3.63, 3.8) is 0 Å². The van der Waals surface area contributed by atoms with Crippen molar-refractivity contribution in [3.8, 4) is 0 Å². The van der Waals surface area contributed by atoms with Gasteiger partial charge in [0.15, 0.2) is 0 Å². The number of rotatable bonds is 1. The molecule has 0 aliphatic heterocycles. The minimum absolute atomic E-state index is 0.195. The first-order chi connectivity index (χ1) is 9.01. The van der Waals surface area contributed by atoms with Crippen molar-refractivity contribution in [3.05, 3.63) is 35.3 Å². The molecule has 1 N–H and O–H groups in total. The zero-order valence-corrected chi connectivity index (χ0v) is 11.8. The third kappa shape index (κ3) is 2.52. The van der Waals surface area contributed by atoms with Gasteiger partial charge >= 0.3 is 6.18 Å². The summed E-state index contributed by atoms with van der Waals surface area (Å²) in [5.74, 6) is 0. The molecule has 0 saturated carbocycles. The van der Waals surface area contributed by atoms with Gasteiger partial charge in [0, 0.05) is 11.6 Å². The van der Waals surface area contributed by atoms with Crippen molar-refractivity contribution in [2.45, 2.75) is 45.4 Å². The predicted octanol–water partition coefficient (Wildman–Crippen LogP) is 3.70. The molecule has 1 unspecified atom stereocenters. The molecule has 2 rings (SSSR count). The number of hydrogen-bond acceptors (Lipinski definition) is 2. The molecule has 20 heavy (non-hydrogen) atoms. The molecule has 2 aromatic rings. The van der Waals surface area contributed by atoms with Crippen LogP contribution in [0.2, 0.25) is 0 Å². The van der Waals surface area contributed by atoms with Crippen LogP contribution in [0.1, 0.15) is 50.8 Å². The van der Waals surface area contributed by atoms with Gasteiger partial charge in [0.2, 0.25) is 0 Å². The smallest absolute Gasteiger partial charge is 0.387 e. The number of pyridine rings is 1. The van der Waals surface area contributed by atoms with Gasteiger partial charge < -0.3 is 9.51 Å². The summed E-state index contributed by atoms with van der Waals surface area (Å²) >= 11 is 0. The Bertz CT molecular complexity index is 636. The van der Waals surface area contributed by atoms with E-state index < -0.39 is 17.8 Å². The van der Waals surface area contributed by atoms with Crippen LogP contribution < -0.4 is 0 Å². The number of halogens is 3. The van der Waals surface area contributed by atoms with Crippen LogP contribution in [-0.2, 0) is 11.6 Å². The molecule has 2 aromatic heterocycles. The van der Waals surface area contributed by atoms with Crippen LogP contribution in [0.15, 0.2) is 18.3 Å². The Morgan fingerprint density at radius 3 is 2.30 bits per heavy atom. The fourth-order valence-electron chi connectivity index (χ4n) is 2.19. The summed E-state index contributed by atoms with van der Waals surface area (Å²) in [5.41, 5.74) is 0.220. The van der Waals surface area contributed by atoms with Gasteiger partial charge in [-0.3, -0.25) is 0 Å². The molecule has 0 saturated heterocycles. The van der Waals surface area contributed by atoms with Crippen molar-refractivity contribution in [1.82, 2.24) is 9.38 Å². The number of imidazole rings is 1. The van der Waals surface area contributed by atoms with Crippen molar-refractivity contribution in [2.24, 2.45) is 0 Å². The number of aliphatic hydroxyl groups is 1. The second-order valence-corrected chi connectivity index (χ2v) is 5.91. The van der Waals surface area contributed by atoms with Gasteiger partial charge in [-0.25, -0.2) is 4.98 Å².